The number of nitrogens with zero attached hydrogens (tertiary/aromatic N) is 9. The first-order chi connectivity index (χ1) is 19.6. The summed E-state index contributed by atoms with van der Waals surface area (Å²) in [4.78, 5) is 40.7. The molecule has 3 aromatic rings. The normalized spacial score (nSPS) is 23.1. The standard InChI is InChI=1S/C24H35N11O5/c1-4-15(5-2)27-20-16-22(29-24(28-20)25-8-11-34-9-6-7-10-34)35(12-26-16)23-19(39-14-37)17(38-13-36)18(40-23)21-30-32-33(3)31-21/h12-15,17-19,23H,4-11H2,1-3H3,(H2,25,27,28,29)/t17-,18+,19-,23-/m1/s1. The van der Waals surface area contributed by atoms with Gasteiger partial charge in [0.1, 0.15) is 0 Å². The van der Waals surface area contributed by atoms with Crippen LogP contribution in [-0.4, -0.2) is 102 Å². The summed E-state index contributed by atoms with van der Waals surface area (Å²) in [5, 5.41) is 18.9. The van der Waals surface area contributed by atoms with Gasteiger partial charge in [-0.1, -0.05) is 13.8 Å². The lowest BCUT2D eigenvalue weighted by Crippen LogP contribution is -2.34. The highest BCUT2D eigenvalue weighted by atomic mass is 16.6. The van der Waals surface area contributed by atoms with Crippen molar-refractivity contribution in [3.05, 3.63) is 12.2 Å². The van der Waals surface area contributed by atoms with Gasteiger partial charge in [0.05, 0.1) is 13.4 Å². The first kappa shape index (κ1) is 27.6. The van der Waals surface area contributed by atoms with Gasteiger partial charge in [-0.3, -0.25) is 14.2 Å². The first-order valence-electron chi connectivity index (χ1n) is 13.6. The molecule has 4 atom stereocenters. The summed E-state index contributed by atoms with van der Waals surface area (Å²) in [6.07, 6.45) is 1.81. The van der Waals surface area contributed by atoms with Gasteiger partial charge >= 0.3 is 0 Å². The lowest BCUT2D eigenvalue weighted by molar-refractivity contribution is -0.151. The van der Waals surface area contributed by atoms with Crippen molar-refractivity contribution in [2.24, 2.45) is 7.05 Å². The highest BCUT2D eigenvalue weighted by Crippen LogP contribution is 2.42. The van der Waals surface area contributed by atoms with E-state index in [0.29, 0.717) is 29.5 Å². The Morgan fingerprint density at radius 2 is 1.88 bits per heavy atom. The number of carbonyl (C=O) groups is 2. The van der Waals surface area contributed by atoms with E-state index in [1.165, 1.54) is 17.6 Å². The first-order valence-corrected chi connectivity index (χ1v) is 13.6. The third kappa shape index (κ3) is 5.67. The number of hydrogen-bond acceptors (Lipinski definition) is 14. The Hall–Kier alpha value is -3.92. The molecule has 216 valence electrons. The Kier molecular flexibility index (Phi) is 8.64. The minimum absolute atomic E-state index is 0.177. The van der Waals surface area contributed by atoms with Crippen LogP contribution in [0.25, 0.3) is 11.2 Å². The van der Waals surface area contributed by atoms with Crippen LogP contribution in [0, 0.1) is 0 Å². The maximum atomic E-state index is 11.5. The molecule has 0 radical (unpaired) electrons. The van der Waals surface area contributed by atoms with E-state index in [1.807, 2.05) is 0 Å². The van der Waals surface area contributed by atoms with Crippen LogP contribution >= 0.6 is 0 Å². The molecule has 0 bridgehead atoms. The van der Waals surface area contributed by atoms with Crippen molar-refractivity contribution >= 4 is 35.9 Å². The van der Waals surface area contributed by atoms with E-state index in [9.17, 15) is 9.59 Å². The molecule has 40 heavy (non-hydrogen) atoms. The summed E-state index contributed by atoms with van der Waals surface area (Å²) in [7, 11) is 1.60. The zero-order valence-electron chi connectivity index (χ0n) is 22.8. The molecule has 0 aliphatic carbocycles. The van der Waals surface area contributed by atoms with Gasteiger partial charge in [0.25, 0.3) is 12.9 Å². The Balaban J connectivity index is 1.51. The summed E-state index contributed by atoms with van der Waals surface area (Å²) >= 11 is 0. The van der Waals surface area contributed by atoms with Crippen LogP contribution < -0.4 is 10.6 Å². The minimum Gasteiger partial charge on any atom is -0.457 e. The lowest BCUT2D eigenvalue weighted by Gasteiger charge is -2.21. The van der Waals surface area contributed by atoms with E-state index < -0.39 is 24.5 Å². The van der Waals surface area contributed by atoms with E-state index in [0.717, 1.165) is 32.5 Å². The number of imidazole rings is 1. The number of tetrazole rings is 1. The third-order valence-electron chi connectivity index (χ3n) is 7.32. The van der Waals surface area contributed by atoms with Crippen LogP contribution in [0.3, 0.4) is 0 Å². The number of anilines is 2. The quantitative estimate of drug-likeness (QED) is 0.266. The highest BCUT2D eigenvalue weighted by Gasteiger charge is 2.52. The van der Waals surface area contributed by atoms with Gasteiger partial charge < -0.3 is 29.7 Å². The Labute approximate surface area is 230 Å². The van der Waals surface area contributed by atoms with Crippen LogP contribution in [0.15, 0.2) is 6.33 Å². The number of aromatic nitrogens is 8. The van der Waals surface area contributed by atoms with Crippen LogP contribution in [0.5, 0.6) is 0 Å². The van der Waals surface area contributed by atoms with Gasteiger partial charge in [-0.05, 0) is 44.0 Å². The Morgan fingerprint density at radius 3 is 2.55 bits per heavy atom. The number of nitrogens with one attached hydrogen (secondary N) is 2. The van der Waals surface area contributed by atoms with Crippen LogP contribution in [0.4, 0.5) is 11.8 Å². The second-order valence-corrected chi connectivity index (χ2v) is 9.83. The fraction of sp³-hybridized carbons (Fsp3) is 0.667. The third-order valence-corrected chi connectivity index (χ3v) is 7.32. The van der Waals surface area contributed by atoms with Gasteiger partial charge in [0, 0.05) is 19.1 Å². The molecule has 2 N–H and O–H groups in total. The number of aryl methyl sites for hydroxylation is 1. The van der Waals surface area contributed by atoms with Gasteiger partial charge in [0.15, 0.2) is 41.5 Å². The molecule has 2 aliphatic heterocycles. The zero-order valence-corrected chi connectivity index (χ0v) is 22.8. The number of hydrogen-bond donors (Lipinski definition) is 2. The van der Waals surface area contributed by atoms with Crippen molar-refractivity contribution in [2.45, 2.75) is 70.1 Å². The van der Waals surface area contributed by atoms with Crippen molar-refractivity contribution < 1.29 is 23.8 Å². The molecule has 0 unspecified atom stereocenters. The smallest absolute Gasteiger partial charge is 0.293 e. The summed E-state index contributed by atoms with van der Waals surface area (Å²) in [5.41, 5.74) is 0.980. The molecule has 16 nitrogen and oxygen atoms in total. The average Bonchev–Trinajstić information content (AvgIpc) is 3.76. The molecule has 16 heteroatoms. The van der Waals surface area contributed by atoms with Crippen molar-refractivity contribution in [1.29, 1.82) is 0 Å². The highest BCUT2D eigenvalue weighted by molar-refractivity contribution is 5.84. The number of ether oxygens (including phenoxy) is 3. The molecule has 5 rings (SSSR count). The SMILES string of the molecule is CCC(CC)Nc1nc(NCCN2CCCC2)nc2c1ncn2[C@@H]1O[C@H](c2nnn(C)n2)[C@@H](OC=O)[C@H]1OC=O. The fourth-order valence-electron chi connectivity index (χ4n) is 5.21. The van der Waals surface area contributed by atoms with Gasteiger partial charge in [-0.25, -0.2) is 4.98 Å². The predicted octanol–water partition coefficient (Wildman–Crippen LogP) is 0.811. The van der Waals surface area contributed by atoms with E-state index >= 15 is 0 Å². The Morgan fingerprint density at radius 1 is 1.12 bits per heavy atom. The number of fused-ring (bicyclic) bond motifs is 1. The second kappa shape index (κ2) is 12.5. The van der Waals surface area contributed by atoms with Crippen LogP contribution in [-0.2, 0) is 30.8 Å². The summed E-state index contributed by atoms with van der Waals surface area (Å²) in [6.45, 7) is 8.52. The molecular formula is C24H35N11O5. The number of rotatable bonds is 14. The van der Waals surface area contributed by atoms with Crippen LogP contribution in [0.2, 0.25) is 0 Å². The van der Waals surface area contributed by atoms with Crippen molar-refractivity contribution in [2.75, 3.05) is 36.8 Å². The number of carbonyl (C=O) groups excluding carboxylic acids is 2. The van der Waals surface area contributed by atoms with Crippen molar-refractivity contribution in [1.82, 2.24) is 44.6 Å². The van der Waals surface area contributed by atoms with Gasteiger partial charge in [0.2, 0.25) is 11.8 Å². The molecule has 0 aromatic carbocycles. The van der Waals surface area contributed by atoms with Crippen molar-refractivity contribution in [3.63, 3.8) is 0 Å². The monoisotopic (exact) mass is 557 g/mol. The summed E-state index contributed by atoms with van der Waals surface area (Å²) < 4.78 is 18.6. The van der Waals surface area contributed by atoms with Gasteiger partial charge in [-0.15, -0.1) is 10.2 Å². The molecule has 2 aliphatic rings. The minimum atomic E-state index is -1.04. The summed E-state index contributed by atoms with van der Waals surface area (Å²) in [5.74, 6) is 1.19. The maximum absolute atomic E-state index is 11.5. The largest absolute Gasteiger partial charge is 0.457 e. The predicted molar refractivity (Wildman–Crippen MR) is 141 cm³/mol. The molecule has 0 amide bonds. The molecule has 5 heterocycles. The molecule has 0 saturated carbocycles. The Bertz CT molecular complexity index is 1290. The molecule has 2 fully saturated rings. The lowest BCUT2D eigenvalue weighted by atomic mass is 10.1. The second-order valence-electron chi connectivity index (χ2n) is 9.83. The zero-order chi connectivity index (χ0) is 28.1. The molecule has 3 aromatic heterocycles. The molecule has 2 saturated heterocycles. The van der Waals surface area contributed by atoms with E-state index in [4.69, 9.17) is 24.2 Å². The average molecular weight is 558 g/mol. The van der Waals surface area contributed by atoms with E-state index in [2.05, 4.69) is 49.8 Å². The van der Waals surface area contributed by atoms with E-state index in [-0.39, 0.29) is 24.8 Å². The van der Waals surface area contributed by atoms with Crippen LogP contribution in [0.1, 0.15) is 57.7 Å². The maximum Gasteiger partial charge on any atom is 0.293 e. The van der Waals surface area contributed by atoms with Crippen molar-refractivity contribution in [3.8, 4) is 0 Å². The van der Waals surface area contributed by atoms with Gasteiger partial charge in [-0.2, -0.15) is 14.8 Å². The fourth-order valence-corrected chi connectivity index (χ4v) is 5.21. The number of likely N-dealkylation sites (tertiary alicyclic amines) is 1. The molecule has 0 spiro atoms. The topological polar surface area (TPSA) is 176 Å². The van der Waals surface area contributed by atoms with E-state index in [1.54, 1.807) is 17.9 Å². The molecular weight excluding hydrogens is 522 g/mol. The summed E-state index contributed by atoms with van der Waals surface area (Å²) in [6, 6.07) is 0.187.